The van der Waals surface area contributed by atoms with Gasteiger partial charge in [0.25, 0.3) is 0 Å². The number of amidine groups is 1. The monoisotopic (exact) mass is 325 g/mol. The average molecular weight is 325 g/mol. The molecule has 0 unspecified atom stereocenters. The zero-order valence-corrected chi connectivity index (χ0v) is 14.6. The number of thioether (sulfide) groups is 1. The Morgan fingerprint density at radius 2 is 2.00 bits per heavy atom. The zero-order valence-electron chi connectivity index (χ0n) is 13.7. The maximum absolute atomic E-state index is 14.7. The number of ether oxygens (including phenoxy) is 1. The SMILES string of the molecule is COC[C@@]1(C)SC(N)=N[C@](C)(c2cc(N)cc(C)c2F)[C@@H]1C. The highest BCUT2D eigenvalue weighted by molar-refractivity contribution is 8.15. The van der Waals surface area contributed by atoms with E-state index < -0.39 is 5.54 Å². The summed E-state index contributed by atoms with van der Waals surface area (Å²) < 4.78 is 19.8. The van der Waals surface area contributed by atoms with Crippen LogP contribution < -0.4 is 11.5 Å². The number of aliphatic imine (C=N–C) groups is 1. The van der Waals surface area contributed by atoms with E-state index in [2.05, 4.69) is 18.8 Å². The maximum Gasteiger partial charge on any atom is 0.155 e. The molecule has 1 aromatic carbocycles. The van der Waals surface area contributed by atoms with Crippen LogP contribution in [-0.2, 0) is 10.3 Å². The number of methoxy groups -OCH3 is 1. The van der Waals surface area contributed by atoms with Gasteiger partial charge in [0.2, 0.25) is 0 Å². The van der Waals surface area contributed by atoms with Crippen LogP contribution in [0, 0.1) is 18.7 Å². The van der Waals surface area contributed by atoms with E-state index in [9.17, 15) is 4.39 Å². The van der Waals surface area contributed by atoms with E-state index in [0.717, 1.165) is 0 Å². The van der Waals surface area contributed by atoms with Crippen molar-refractivity contribution < 1.29 is 9.13 Å². The van der Waals surface area contributed by atoms with Gasteiger partial charge in [-0.05, 0) is 38.5 Å². The minimum absolute atomic E-state index is 0.00736. The van der Waals surface area contributed by atoms with Gasteiger partial charge < -0.3 is 16.2 Å². The van der Waals surface area contributed by atoms with E-state index in [4.69, 9.17) is 16.2 Å². The molecule has 4 N–H and O–H groups in total. The number of hydrogen-bond acceptors (Lipinski definition) is 5. The Hall–Kier alpha value is -1.27. The van der Waals surface area contributed by atoms with Gasteiger partial charge >= 0.3 is 0 Å². The van der Waals surface area contributed by atoms with Crippen LogP contribution in [0.2, 0.25) is 0 Å². The highest BCUT2D eigenvalue weighted by atomic mass is 32.2. The summed E-state index contributed by atoms with van der Waals surface area (Å²) in [4.78, 5) is 4.59. The van der Waals surface area contributed by atoms with Gasteiger partial charge in [-0.25, -0.2) is 4.39 Å². The van der Waals surface area contributed by atoms with Crippen molar-refractivity contribution in [3.05, 3.63) is 29.1 Å². The summed E-state index contributed by atoms with van der Waals surface area (Å²) in [6, 6.07) is 3.30. The highest BCUT2D eigenvalue weighted by Crippen LogP contribution is 2.50. The number of hydrogen-bond donors (Lipinski definition) is 2. The van der Waals surface area contributed by atoms with E-state index in [1.807, 2.05) is 6.92 Å². The lowest BCUT2D eigenvalue weighted by Gasteiger charge is -2.47. The third-order valence-electron chi connectivity index (χ3n) is 4.69. The summed E-state index contributed by atoms with van der Waals surface area (Å²) in [5.74, 6) is -0.264. The molecule has 4 nitrogen and oxygen atoms in total. The molecule has 6 heteroatoms. The molecule has 0 fully saturated rings. The first-order chi connectivity index (χ1) is 10.1. The Morgan fingerprint density at radius 3 is 2.59 bits per heavy atom. The smallest absolute Gasteiger partial charge is 0.155 e. The molecular formula is C16H24FN3OS. The van der Waals surface area contributed by atoms with Gasteiger partial charge in [0.1, 0.15) is 5.82 Å². The van der Waals surface area contributed by atoms with Gasteiger partial charge in [0.15, 0.2) is 5.17 Å². The van der Waals surface area contributed by atoms with Crippen molar-refractivity contribution in [3.63, 3.8) is 0 Å². The molecule has 1 heterocycles. The summed E-state index contributed by atoms with van der Waals surface area (Å²) >= 11 is 1.48. The number of rotatable bonds is 3. The van der Waals surface area contributed by atoms with Crippen molar-refractivity contribution >= 4 is 22.6 Å². The quantitative estimate of drug-likeness (QED) is 0.838. The maximum atomic E-state index is 14.7. The standard InChI is InChI=1S/C16H24FN3OS/c1-9-6-11(18)7-12(13(9)17)16(4)10(2)15(3,8-21-5)22-14(19)20-16/h6-7,10H,8,18H2,1-5H3,(H2,19,20)/t10-,15-,16+/m1/s1. The molecule has 0 aliphatic carbocycles. The first kappa shape index (κ1) is 17.1. The second-order valence-electron chi connectivity index (χ2n) is 6.37. The summed E-state index contributed by atoms with van der Waals surface area (Å²) in [5, 5.41) is 0.444. The van der Waals surface area contributed by atoms with E-state index in [1.165, 1.54) is 11.8 Å². The third-order valence-corrected chi connectivity index (χ3v) is 5.93. The highest BCUT2D eigenvalue weighted by Gasteiger charge is 2.50. The minimum Gasteiger partial charge on any atom is -0.399 e. The van der Waals surface area contributed by atoms with Crippen LogP contribution in [0.1, 0.15) is 31.9 Å². The summed E-state index contributed by atoms with van der Waals surface area (Å²) in [6.45, 7) is 8.26. The lowest BCUT2D eigenvalue weighted by Crippen LogP contribution is -2.50. The van der Waals surface area contributed by atoms with Crippen LogP contribution in [0.5, 0.6) is 0 Å². The molecule has 0 saturated carbocycles. The molecule has 1 aromatic rings. The number of nitrogen functional groups attached to an aromatic ring is 1. The molecule has 0 saturated heterocycles. The molecule has 1 aliphatic heterocycles. The number of benzene rings is 1. The van der Waals surface area contributed by atoms with Crippen LogP contribution in [0.3, 0.4) is 0 Å². The lowest BCUT2D eigenvalue weighted by atomic mass is 9.73. The largest absolute Gasteiger partial charge is 0.399 e. The summed E-state index contributed by atoms with van der Waals surface area (Å²) in [5.41, 5.74) is 12.7. The van der Waals surface area contributed by atoms with E-state index in [1.54, 1.807) is 26.2 Å². The van der Waals surface area contributed by atoms with Crippen LogP contribution in [-0.4, -0.2) is 23.6 Å². The predicted molar refractivity (Wildman–Crippen MR) is 91.6 cm³/mol. The van der Waals surface area contributed by atoms with Gasteiger partial charge in [-0.1, -0.05) is 18.7 Å². The second kappa shape index (κ2) is 5.74. The van der Waals surface area contributed by atoms with Crippen LogP contribution in [0.25, 0.3) is 0 Å². The molecule has 3 atom stereocenters. The van der Waals surface area contributed by atoms with Crippen LogP contribution in [0.4, 0.5) is 10.1 Å². The Labute approximate surface area is 135 Å². The predicted octanol–water partition coefficient (Wildman–Crippen LogP) is 3.03. The second-order valence-corrected chi connectivity index (χ2v) is 7.92. The Balaban J connectivity index is 2.64. The van der Waals surface area contributed by atoms with Gasteiger partial charge in [0.05, 0.1) is 12.1 Å². The number of nitrogens with zero attached hydrogens (tertiary/aromatic N) is 1. The average Bonchev–Trinajstić information content (AvgIpc) is 2.40. The number of nitrogens with two attached hydrogens (primary N) is 2. The normalized spacial score (nSPS) is 31.9. The Morgan fingerprint density at radius 1 is 1.36 bits per heavy atom. The molecular weight excluding hydrogens is 301 g/mol. The van der Waals surface area contributed by atoms with E-state index in [-0.39, 0.29) is 16.5 Å². The number of anilines is 1. The first-order valence-electron chi connectivity index (χ1n) is 7.23. The summed E-state index contributed by atoms with van der Waals surface area (Å²) in [7, 11) is 1.66. The molecule has 2 rings (SSSR count). The molecule has 0 bridgehead atoms. The molecule has 0 radical (unpaired) electrons. The Kier molecular flexibility index (Phi) is 4.46. The summed E-state index contributed by atoms with van der Waals surface area (Å²) in [6.07, 6.45) is 0. The topological polar surface area (TPSA) is 73.6 Å². The fourth-order valence-electron chi connectivity index (χ4n) is 3.17. The van der Waals surface area contributed by atoms with Crippen molar-refractivity contribution in [1.29, 1.82) is 0 Å². The van der Waals surface area contributed by atoms with Crippen molar-refractivity contribution in [3.8, 4) is 0 Å². The first-order valence-corrected chi connectivity index (χ1v) is 8.05. The van der Waals surface area contributed by atoms with Gasteiger partial charge in [-0.3, -0.25) is 4.99 Å². The molecule has 0 amide bonds. The fourth-order valence-corrected chi connectivity index (χ4v) is 4.47. The van der Waals surface area contributed by atoms with Gasteiger partial charge in [-0.15, -0.1) is 0 Å². The van der Waals surface area contributed by atoms with Gasteiger partial charge in [0, 0.05) is 29.0 Å². The lowest BCUT2D eigenvalue weighted by molar-refractivity contribution is 0.124. The van der Waals surface area contributed by atoms with E-state index >= 15 is 0 Å². The van der Waals surface area contributed by atoms with Crippen molar-refractivity contribution in [2.75, 3.05) is 19.5 Å². The zero-order chi connectivity index (χ0) is 16.7. The van der Waals surface area contributed by atoms with Crippen molar-refractivity contribution in [1.82, 2.24) is 0 Å². The van der Waals surface area contributed by atoms with Crippen molar-refractivity contribution in [2.24, 2.45) is 16.6 Å². The molecule has 0 aromatic heterocycles. The molecule has 1 aliphatic rings. The third kappa shape index (κ3) is 2.70. The number of aryl methyl sites for hydroxylation is 1. The molecule has 122 valence electrons. The molecule has 22 heavy (non-hydrogen) atoms. The Bertz CT molecular complexity index is 622. The van der Waals surface area contributed by atoms with Crippen molar-refractivity contribution in [2.45, 2.75) is 38.0 Å². The number of halogens is 1. The minimum atomic E-state index is -0.785. The van der Waals surface area contributed by atoms with Crippen LogP contribution >= 0.6 is 11.8 Å². The molecule has 0 spiro atoms. The fraction of sp³-hybridized carbons (Fsp3) is 0.562. The van der Waals surface area contributed by atoms with Crippen LogP contribution in [0.15, 0.2) is 17.1 Å². The van der Waals surface area contributed by atoms with Gasteiger partial charge in [-0.2, -0.15) is 0 Å². The van der Waals surface area contributed by atoms with E-state index in [0.29, 0.717) is 28.6 Å².